The topological polar surface area (TPSA) is 72.2 Å². The third kappa shape index (κ3) is 3.17. The molecule has 4 nitrogen and oxygen atoms in total. The number of nitrogens with one attached hydrogen (secondary N) is 1. The van der Waals surface area contributed by atoms with Gasteiger partial charge in [0, 0.05) is 6.54 Å². The molecular weight excluding hydrogens is 219 g/mol. The smallest absolute Gasteiger partial charge is 0.240 e. The van der Waals surface area contributed by atoms with E-state index in [1.807, 2.05) is 6.92 Å². The molecule has 0 aliphatic rings. The van der Waals surface area contributed by atoms with Crippen molar-refractivity contribution in [3.8, 4) is 0 Å². The highest BCUT2D eigenvalue weighted by molar-refractivity contribution is 7.89. The van der Waals surface area contributed by atoms with Crippen LogP contribution >= 0.6 is 0 Å². The number of anilines is 1. The number of hydrogen-bond donors (Lipinski definition) is 2. The molecule has 0 saturated heterocycles. The number of sulfonamides is 1. The van der Waals surface area contributed by atoms with Crippen LogP contribution in [0.5, 0.6) is 0 Å². The minimum absolute atomic E-state index is 0.0858. The first-order chi connectivity index (χ1) is 6.95. The highest BCUT2D eigenvalue weighted by Gasteiger charge is 2.13. The van der Waals surface area contributed by atoms with E-state index in [4.69, 9.17) is 5.14 Å². The molecule has 0 unspecified atom stereocenters. The number of benzene rings is 1. The lowest BCUT2D eigenvalue weighted by atomic mass is 10.3. The van der Waals surface area contributed by atoms with Gasteiger partial charge in [-0.05, 0) is 24.6 Å². The zero-order valence-corrected chi connectivity index (χ0v) is 9.14. The molecule has 0 amide bonds. The van der Waals surface area contributed by atoms with Crippen LogP contribution in [0.25, 0.3) is 0 Å². The van der Waals surface area contributed by atoms with Crippen molar-refractivity contribution in [2.24, 2.45) is 5.14 Å². The lowest BCUT2D eigenvalue weighted by Gasteiger charge is -2.09. The van der Waals surface area contributed by atoms with E-state index in [-0.39, 0.29) is 10.6 Å². The van der Waals surface area contributed by atoms with Gasteiger partial charge in [0.1, 0.15) is 10.7 Å². The van der Waals surface area contributed by atoms with Crippen LogP contribution in [0, 0.1) is 5.82 Å². The Labute approximate surface area is 88.3 Å². The molecule has 0 radical (unpaired) electrons. The average Bonchev–Trinajstić information content (AvgIpc) is 2.12. The molecule has 6 heteroatoms. The second-order valence-corrected chi connectivity index (χ2v) is 4.64. The normalized spacial score (nSPS) is 11.4. The van der Waals surface area contributed by atoms with Gasteiger partial charge in [-0.15, -0.1) is 0 Å². The zero-order valence-electron chi connectivity index (χ0n) is 8.33. The second-order valence-electron chi connectivity index (χ2n) is 3.11. The van der Waals surface area contributed by atoms with Crippen LogP contribution in [-0.4, -0.2) is 15.0 Å². The first kappa shape index (κ1) is 11.9. The van der Waals surface area contributed by atoms with Gasteiger partial charge < -0.3 is 5.32 Å². The molecule has 0 atom stereocenters. The molecule has 0 spiro atoms. The second kappa shape index (κ2) is 4.59. The lowest BCUT2D eigenvalue weighted by Crippen LogP contribution is -2.15. The summed E-state index contributed by atoms with van der Waals surface area (Å²) in [7, 11) is -3.81. The predicted octanol–water partition coefficient (Wildman–Crippen LogP) is 1.29. The van der Waals surface area contributed by atoms with E-state index in [0.29, 0.717) is 6.54 Å². The maximum atomic E-state index is 12.9. The SMILES string of the molecule is CCCNc1cc(F)ccc1S(N)(=O)=O. The van der Waals surface area contributed by atoms with E-state index in [2.05, 4.69) is 5.32 Å². The lowest BCUT2D eigenvalue weighted by molar-refractivity contribution is 0.597. The molecule has 0 aliphatic heterocycles. The van der Waals surface area contributed by atoms with Gasteiger partial charge in [-0.3, -0.25) is 0 Å². The summed E-state index contributed by atoms with van der Waals surface area (Å²) in [6.07, 6.45) is 0.806. The van der Waals surface area contributed by atoms with Gasteiger partial charge in [0.05, 0.1) is 5.69 Å². The van der Waals surface area contributed by atoms with Crippen LogP contribution in [0.2, 0.25) is 0 Å². The van der Waals surface area contributed by atoms with Crippen molar-refractivity contribution >= 4 is 15.7 Å². The molecule has 0 saturated carbocycles. The molecule has 3 N–H and O–H groups in total. The van der Waals surface area contributed by atoms with Gasteiger partial charge in [0.25, 0.3) is 0 Å². The summed E-state index contributed by atoms with van der Waals surface area (Å²) in [5, 5.41) is 7.80. The molecule has 0 bridgehead atoms. The fraction of sp³-hybridized carbons (Fsp3) is 0.333. The van der Waals surface area contributed by atoms with Gasteiger partial charge in [-0.2, -0.15) is 0 Å². The molecule has 1 aromatic rings. The Balaban J connectivity index is 3.15. The first-order valence-electron chi connectivity index (χ1n) is 4.51. The minimum atomic E-state index is -3.81. The number of nitrogens with two attached hydrogens (primary N) is 1. The third-order valence-corrected chi connectivity index (χ3v) is 2.78. The molecule has 0 aromatic heterocycles. The molecule has 1 rings (SSSR count). The molecular formula is C9H13FN2O2S. The fourth-order valence-electron chi connectivity index (χ4n) is 1.15. The van der Waals surface area contributed by atoms with Crippen molar-refractivity contribution in [3.05, 3.63) is 24.0 Å². The van der Waals surface area contributed by atoms with Crippen molar-refractivity contribution in [2.45, 2.75) is 18.2 Å². The Bertz CT molecular complexity index is 445. The van der Waals surface area contributed by atoms with Crippen molar-refractivity contribution in [2.75, 3.05) is 11.9 Å². The standard InChI is InChI=1S/C9H13FN2O2S/c1-2-5-12-8-6-7(10)3-4-9(8)15(11,13)14/h3-4,6,12H,2,5H2,1H3,(H2,11,13,14). The molecule has 0 heterocycles. The Morgan fingerprint density at radius 2 is 2.13 bits per heavy atom. The van der Waals surface area contributed by atoms with Crippen LogP contribution in [-0.2, 0) is 10.0 Å². The number of halogens is 1. The summed E-state index contributed by atoms with van der Waals surface area (Å²) < 4.78 is 35.2. The van der Waals surface area contributed by atoms with E-state index in [1.54, 1.807) is 0 Å². The average molecular weight is 232 g/mol. The van der Waals surface area contributed by atoms with Gasteiger partial charge in [0.15, 0.2) is 0 Å². The van der Waals surface area contributed by atoms with E-state index in [9.17, 15) is 12.8 Å². The quantitative estimate of drug-likeness (QED) is 0.821. The largest absolute Gasteiger partial charge is 0.384 e. The first-order valence-corrected chi connectivity index (χ1v) is 6.06. The summed E-state index contributed by atoms with van der Waals surface area (Å²) >= 11 is 0. The van der Waals surface area contributed by atoms with Crippen molar-refractivity contribution < 1.29 is 12.8 Å². The third-order valence-electron chi connectivity index (χ3n) is 1.81. The number of rotatable bonds is 4. The summed E-state index contributed by atoms with van der Waals surface area (Å²) in [6.45, 7) is 2.48. The highest BCUT2D eigenvalue weighted by Crippen LogP contribution is 2.20. The molecule has 15 heavy (non-hydrogen) atoms. The van der Waals surface area contributed by atoms with Crippen molar-refractivity contribution in [3.63, 3.8) is 0 Å². The monoisotopic (exact) mass is 232 g/mol. The van der Waals surface area contributed by atoms with E-state index in [1.165, 1.54) is 0 Å². The van der Waals surface area contributed by atoms with Gasteiger partial charge in [0.2, 0.25) is 10.0 Å². The van der Waals surface area contributed by atoms with E-state index in [0.717, 1.165) is 24.6 Å². The summed E-state index contributed by atoms with van der Waals surface area (Å²) in [4.78, 5) is -0.0858. The van der Waals surface area contributed by atoms with Gasteiger partial charge in [-0.1, -0.05) is 6.92 Å². The maximum Gasteiger partial charge on any atom is 0.240 e. The molecule has 84 valence electrons. The Morgan fingerprint density at radius 1 is 1.47 bits per heavy atom. The van der Waals surface area contributed by atoms with E-state index >= 15 is 0 Å². The Hall–Kier alpha value is -1.14. The van der Waals surface area contributed by atoms with Crippen LogP contribution in [0.15, 0.2) is 23.1 Å². The van der Waals surface area contributed by atoms with Crippen LogP contribution in [0.4, 0.5) is 10.1 Å². The minimum Gasteiger partial charge on any atom is -0.384 e. The predicted molar refractivity (Wildman–Crippen MR) is 56.6 cm³/mol. The maximum absolute atomic E-state index is 12.9. The summed E-state index contributed by atoms with van der Waals surface area (Å²) in [5.74, 6) is -0.499. The summed E-state index contributed by atoms with van der Waals surface area (Å²) in [5.41, 5.74) is 0.208. The Kier molecular flexibility index (Phi) is 3.65. The highest BCUT2D eigenvalue weighted by atomic mass is 32.2. The molecule has 1 aromatic carbocycles. The van der Waals surface area contributed by atoms with Crippen LogP contribution in [0.3, 0.4) is 0 Å². The molecule has 0 fully saturated rings. The molecule has 0 aliphatic carbocycles. The van der Waals surface area contributed by atoms with Crippen molar-refractivity contribution in [1.82, 2.24) is 0 Å². The summed E-state index contributed by atoms with van der Waals surface area (Å²) in [6, 6.07) is 3.34. The Morgan fingerprint density at radius 3 is 2.67 bits per heavy atom. The van der Waals surface area contributed by atoms with Gasteiger partial charge >= 0.3 is 0 Å². The van der Waals surface area contributed by atoms with Crippen LogP contribution < -0.4 is 10.5 Å². The number of primary sulfonamides is 1. The number of hydrogen-bond acceptors (Lipinski definition) is 3. The van der Waals surface area contributed by atoms with Crippen molar-refractivity contribution in [1.29, 1.82) is 0 Å². The zero-order chi connectivity index (χ0) is 11.5. The van der Waals surface area contributed by atoms with Crippen LogP contribution in [0.1, 0.15) is 13.3 Å². The van der Waals surface area contributed by atoms with Gasteiger partial charge in [-0.25, -0.2) is 17.9 Å². The fourth-order valence-corrected chi connectivity index (χ4v) is 1.84. The van der Waals surface area contributed by atoms with E-state index < -0.39 is 15.8 Å².